The maximum atomic E-state index is 11.7. The standard InChI is InChI=1S/C26H24N4O3S/c1-15-7-9-27-22(11-15)30-23-12-16(2)10-20(29-23)21-14-28-25(34-21)26(33)8-3-4-17-13-18(24(31)32)5-6-19(17)26/h5-7,9-14,33H,3-4,8H2,1-2H3,(H,31,32)(H,27,29,30)/t26-/m1/s1. The molecule has 172 valence electrons. The maximum absolute atomic E-state index is 11.7. The van der Waals surface area contributed by atoms with Crippen LogP contribution in [0, 0.1) is 13.8 Å². The fraction of sp³-hybridized carbons (Fsp3) is 0.231. The summed E-state index contributed by atoms with van der Waals surface area (Å²) in [6.07, 6.45) is 5.52. The predicted molar refractivity (Wildman–Crippen MR) is 132 cm³/mol. The maximum Gasteiger partial charge on any atom is 0.335 e. The second kappa shape index (κ2) is 8.62. The minimum absolute atomic E-state index is 0.231. The van der Waals surface area contributed by atoms with Gasteiger partial charge in [-0.25, -0.2) is 19.7 Å². The number of pyridine rings is 2. The number of nitrogens with one attached hydrogen (secondary N) is 1. The van der Waals surface area contributed by atoms with Gasteiger partial charge in [0.25, 0.3) is 0 Å². The van der Waals surface area contributed by atoms with E-state index < -0.39 is 11.6 Å². The van der Waals surface area contributed by atoms with Gasteiger partial charge in [-0.2, -0.15) is 0 Å². The summed E-state index contributed by atoms with van der Waals surface area (Å²) >= 11 is 1.41. The Morgan fingerprint density at radius 2 is 1.88 bits per heavy atom. The molecule has 3 aromatic heterocycles. The number of anilines is 2. The van der Waals surface area contributed by atoms with Crippen molar-refractivity contribution >= 4 is 28.9 Å². The van der Waals surface area contributed by atoms with E-state index >= 15 is 0 Å². The molecule has 34 heavy (non-hydrogen) atoms. The second-order valence-corrected chi connectivity index (χ2v) is 9.71. The summed E-state index contributed by atoms with van der Waals surface area (Å²) in [5.41, 5.74) is 3.48. The van der Waals surface area contributed by atoms with E-state index in [9.17, 15) is 15.0 Å². The van der Waals surface area contributed by atoms with Crippen molar-refractivity contribution < 1.29 is 15.0 Å². The number of carboxylic acids is 1. The highest BCUT2D eigenvalue weighted by molar-refractivity contribution is 7.15. The Kier molecular flexibility index (Phi) is 5.63. The molecule has 0 radical (unpaired) electrons. The Hall–Kier alpha value is -3.62. The summed E-state index contributed by atoms with van der Waals surface area (Å²) in [5.74, 6) is 0.443. The Balaban J connectivity index is 1.48. The average Bonchev–Trinajstić information content (AvgIpc) is 3.30. The van der Waals surface area contributed by atoms with Crippen LogP contribution in [0.15, 0.2) is 54.9 Å². The first kappa shape index (κ1) is 22.2. The molecule has 0 amide bonds. The van der Waals surface area contributed by atoms with Crippen molar-refractivity contribution in [1.29, 1.82) is 0 Å². The average molecular weight is 473 g/mol. The molecule has 1 aliphatic carbocycles. The van der Waals surface area contributed by atoms with Gasteiger partial charge < -0.3 is 15.5 Å². The number of fused-ring (bicyclic) bond motifs is 1. The van der Waals surface area contributed by atoms with Crippen LogP contribution in [-0.4, -0.2) is 31.1 Å². The molecule has 1 aromatic carbocycles. The van der Waals surface area contributed by atoms with Crippen LogP contribution in [0.2, 0.25) is 0 Å². The first-order valence-corrected chi connectivity index (χ1v) is 11.9. The predicted octanol–water partition coefficient (Wildman–Crippen LogP) is 5.23. The van der Waals surface area contributed by atoms with Gasteiger partial charge in [0, 0.05) is 12.4 Å². The molecule has 0 saturated carbocycles. The highest BCUT2D eigenvalue weighted by Crippen LogP contribution is 2.43. The molecule has 1 aliphatic rings. The van der Waals surface area contributed by atoms with Gasteiger partial charge in [0.05, 0.1) is 16.1 Å². The van der Waals surface area contributed by atoms with Crippen LogP contribution in [0.3, 0.4) is 0 Å². The van der Waals surface area contributed by atoms with Crippen LogP contribution >= 0.6 is 11.3 Å². The number of carboxylic acid groups (broad SMARTS) is 1. The van der Waals surface area contributed by atoms with E-state index in [1.165, 1.54) is 11.3 Å². The van der Waals surface area contributed by atoms with Crippen molar-refractivity contribution in [3.05, 3.63) is 87.7 Å². The SMILES string of the molecule is Cc1ccnc(Nc2cc(C)cc(-c3cnc([C@@]4(O)CCCc5cc(C(=O)O)ccc54)s3)n2)c1. The molecular weight excluding hydrogens is 448 g/mol. The minimum Gasteiger partial charge on any atom is -0.478 e. The van der Waals surface area contributed by atoms with Crippen LogP contribution < -0.4 is 5.32 Å². The molecule has 0 unspecified atom stereocenters. The van der Waals surface area contributed by atoms with Crippen LogP contribution in [-0.2, 0) is 12.0 Å². The summed E-state index contributed by atoms with van der Waals surface area (Å²) < 4.78 is 0. The van der Waals surface area contributed by atoms with Crippen molar-refractivity contribution in [2.75, 3.05) is 5.32 Å². The number of benzene rings is 1. The molecule has 4 aromatic rings. The van der Waals surface area contributed by atoms with Gasteiger partial charge in [0.2, 0.25) is 0 Å². The molecule has 5 rings (SSSR count). The number of hydrogen-bond donors (Lipinski definition) is 3. The smallest absolute Gasteiger partial charge is 0.335 e. The van der Waals surface area contributed by atoms with Crippen LogP contribution in [0.4, 0.5) is 11.6 Å². The van der Waals surface area contributed by atoms with E-state index in [0.29, 0.717) is 17.2 Å². The lowest BCUT2D eigenvalue weighted by Gasteiger charge is -2.33. The molecule has 0 spiro atoms. The first-order chi connectivity index (χ1) is 16.3. The van der Waals surface area contributed by atoms with Crippen molar-refractivity contribution in [3.8, 4) is 10.6 Å². The van der Waals surface area contributed by atoms with Gasteiger partial charge in [-0.15, -0.1) is 11.3 Å². The monoisotopic (exact) mass is 472 g/mol. The summed E-state index contributed by atoms with van der Waals surface area (Å²) in [5, 5.41) is 24.9. The first-order valence-electron chi connectivity index (χ1n) is 11.1. The Morgan fingerprint density at radius 1 is 1.06 bits per heavy atom. The molecule has 3 heterocycles. The van der Waals surface area contributed by atoms with E-state index in [1.807, 2.05) is 38.1 Å². The molecule has 3 N–H and O–H groups in total. The number of carbonyl (C=O) groups is 1. The molecule has 0 aliphatic heterocycles. The fourth-order valence-corrected chi connectivity index (χ4v) is 5.41. The van der Waals surface area contributed by atoms with Crippen molar-refractivity contribution in [3.63, 3.8) is 0 Å². The second-order valence-electron chi connectivity index (χ2n) is 8.68. The van der Waals surface area contributed by atoms with Gasteiger partial charge in [-0.1, -0.05) is 6.07 Å². The number of aromatic carboxylic acids is 1. The lowest BCUT2D eigenvalue weighted by Crippen LogP contribution is -2.32. The molecule has 7 nitrogen and oxygen atoms in total. The number of aromatic nitrogens is 3. The van der Waals surface area contributed by atoms with Crippen molar-refractivity contribution in [2.24, 2.45) is 0 Å². The van der Waals surface area contributed by atoms with Crippen molar-refractivity contribution in [2.45, 2.75) is 38.7 Å². The van der Waals surface area contributed by atoms with Crippen LogP contribution in [0.1, 0.15) is 50.5 Å². The molecular formula is C26H24N4O3S. The minimum atomic E-state index is -1.25. The number of nitrogens with zero attached hydrogens (tertiary/aromatic N) is 3. The third kappa shape index (κ3) is 4.18. The lowest BCUT2D eigenvalue weighted by molar-refractivity contribution is 0.0607. The third-order valence-electron chi connectivity index (χ3n) is 6.04. The quantitative estimate of drug-likeness (QED) is 0.365. The summed E-state index contributed by atoms with van der Waals surface area (Å²) in [6, 6.07) is 12.8. The van der Waals surface area contributed by atoms with E-state index in [2.05, 4.69) is 15.3 Å². The van der Waals surface area contributed by atoms with Gasteiger partial charge in [0.15, 0.2) is 0 Å². The van der Waals surface area contributed by atoms with Gasteiger partial charge in [-0.3, -0.25) is 0 Å². The van der Waals surface area contributed by atoms with Crippen LogP contribution in [0.5, 0.6) is 0 Å². The highest BCUT2D eigenvalue weighted by Gasteiger charge is 2.39. The lowest BCUT2D eigenvalue weighted by atomic mass is 9.79. The fourth-order valence-electron chi connectivity index (χ4n) is 4.41. The van der Waals surface area contributed by atoms with Gasteiger partial charge in [-0.05, 0) is 91.8 Å². The third-order valence-corrected chi connectivity index (χ3v) is 7.21. The number of aliphatic hydroxyl groups is 1. The topological polar surface area (TPSA) is 108 Å². The zero-order valence-electron chi connectivity index (χ0n) is 18.9. The molecule has 1 atom stereocenters. The number of rotatable bonds is 5. The molecule has 0 fully saturated rings. The summed E-state index contributed by atoms with van der Waals surface area (Å²) in [4.78, 5) is 25.9. The van der Waals surface area contributed by atoms with E-state index in [-0.39, 0.29) is 5.56 Å². The van der Waals surface area contributed by atoms with E-state index in [1.54, 1.807) is 30.6 Å². The van der Waals surface area contributed by atoms with E-state index in [0.717, 1.165) is 51.5 Å². The zero-order chi connectivity index (χ0) is 23.9. The normalized spacial score (nSPS) is 17.3. The highest BCUT2D eigenvalue weighted by atomic mass is 32.1. The van der Waals surface area contributed by atoms with Gasteiger partial charge >= 0.3 is 5.97 Å². The largest absolute Gasteiger partial charge is 0.478 e. The Bertz CT molecular complexity index is 1400. The Labute approximate surface area is 201 Å². The molecule has 8 heteroatoms. The Morgan fingerprint density at radius 3 is 2.68 bits per heavy atom. The summed E-state index contributed by atoms with van der Waals surface area (Å²) in [6.45, 7) is 4.02. The van der Waals surface area contributed by atoms with Crippen LogP contribution in [0.25, 0.3) is 10.6 Å². The zero-order valence-corrected chi connectivity index (χ0v) is 19.7. The van der Waals surface area contributed by atoms with Crippen molar-refractivity contribution in [1.82, 2.24) is 15.0 Å². The molecule has 0 saturated heterocycles. The summed E-state index contributed by atoms with van der Waals surface area (Å²) in [7, 11) is 0. The molecule has 0 bridgehead atoms. The number of aryl methyl sites for hydroxylation is 3. The van der Waals surface area contributed by atoms with Gasteiger partial charge in [0.1, 0.15) is 22.2 Å². The number of hydrogen-bond acceptors (Lipinski definition) is 7. The number of thiazole rings is 1. The van der Waals surface area contributed by atoms with E-state index in [4.69, 9.17) is 4.98 Å².